The quantitative estimate of drug-likeness (QED) is 0.865. The highest BCUT2D eigenvalue weighted by molar-refractivity contribution is 5.56. The number of hydrogen-bond donors (Lipinski definition) is 1. The fourth-order valence-corrected chi connectivity index (χ4v) is 1.53. The molecule has 0 heterocycles. The highest BCUT2D eigenvalue weighted by atomic mass is 16.5. The summed E-state index contributed by atoms with van der Waals surface area (Å²) in [5.41, 5.74) is 0.822. The van der Waals surface area contributed by atoms with Gasteiger partial charge in [0, 0.05) is 5.41 Å². The van der Waals surface area contributed by atoms with Crippen molar-refractivity contribution in [3.8, 4) is 17.6 Å². The maximum atomic E-state index is 9.35. The maximum absolute atomic E-state index is 9.35. The highest BCUT2D eigenvalue weighted by Gasteiger charge is 2.23. The summed E-state index contributed by atoms with van der Waals surface area (Å²) in [6.45, 7) is 3.79. The number of nitrogens with zero attached hydrogens (tertiary/aromatic N) is 1. The van der Waals surface area contributed by atoms with Gasteiger partial charge < -0.3 is 14.6 Å². The van der Waals surface area contributed by atoms with Crippen molar-refractivity contribution in [1.82, 2.24) is 0 Å². The molecule has 0 bridgehead atoms. The van der Waals surface area contributed by atoms with Crippen LogP contribution in [0.3, 0.4) is 0 Å². The Kier molecular flexibility index (Phi) is 3.97. The lowest BCUT2D eigenvalue weighted by atomic mass is 9.84. The molecule has 0 spiro atoms. The smallest absolute Gasteiger partial charge is 0.178 e. The Bertz CT molecular complexity index is 447. The van der Waals surface area contributed by atoms with Crippen molar-refractivity contribution in [2.75, 3.05) is 20.8 Å². The first-order valence-corrected chi connectivity index (χ1v) is 5.27. The van der Waals surface area contributed by atoms with E-state index in [0.29, 0.717) is 17.1 Å². The molecule has 0 aliphatic heterocycles. The molecule has 92 valence electrons. The van der Waals surface area contributed by atoms with E-state index in [9.17, 15) is 5.11 Å². The second-order valence-electron chi connectivity index (χ2n) is 4.41. The van der Waals surface area contributed by atoms with Crippen LogP contribution in [-0.4, -0.2) is 25.9 Å². The number of rotatable bonds is 4. The van der Waals surface area contributed by atoms with Crippen molar-refractivity contribution in [1.29, 1.82) is 5.26 Å². The standard InChI is InChI=1S/C13H17NO3/c1-13(2,8-15)10-5-9(7-14)12(17-4)11(6-10)16-3/h5-6,15H,8H2,1-4H3. The number of benzene rings is 1. The van der Waals surface area contributed by atoms with Crippen molar-refractivity contribution >= 4 is 0 Å². The van der Waals surface area contributed by atoms with Crippen LogP contribution in [0.5, 0.6) is 11.5 Å². The molecule has 0 unspecified atom stereocenters. The van der Waals surface area contributed by atoms with Crippen molar-refractivity contribution in [3.05, 3.63) is 23.3 Å². The molecule has 1 aromatic rings. The average Bonchev–Trinajstić information content (AvgIpc) is 2.36. The van der Waals surface area contributed by atoms with Crippen LogP contribution in [0.2, 0.25) is 0 Å². The van der Waals surface area contributed by atoms with Crippen LogP contribution in [0.15, 0.2) is 12.1 Å². The minimum absolute atomic E-state index is 0.00660. The van der Waals surface area contributed by atoms with Crippen molar-refractivity contribution in [2.45, 2.75) is 19.3 Å². The van der Waals surface area contributed by atoms with Crippen LogP contribution < -0.4 is 9.47 Å². The van der Waals surface area contributed by atoms with Crippen LogP contribution in [0.4, 0.5) is 0 Å². The van der Waals surface area contributed by atoms with Crippen LogP contribution in [0.25, 0.3) is 0 Å². The minimum atomic E-state index is -0.425. The SMILES string of the molecule is COc1cc(C(C)(C)CO)cc(C#N)c1OC. The third-order valence-electron chi connectivity index (χ3n) is 2.78. The fourth-order valence-electron chi connectivity index (χ4n) is 1.53. The zero-order valence-electron chi connectivity index (χ0n) is 10.6. The fraction of sp³-hybridized carbons (Fsp3) is 0.462. The molecule has 1 rings (SSSR count). The molecule has 1 N–H and O–H groups in total. The molecule has 0 aromatic heterocycles. The summed E-state index contributed by atoms with van der Waals surface area (Å²) in [4.78, 5) is 0. The van der Waals surface area contributed by atoms with Gasteiger partial charge in [-0.2, -0.15) is 5.26 Å². The number of methoxy groups -OCH3 is 2. The average molecular weight is 235 g/mol. The molecule has 17 heavy (non-hydrogen) atoms. The molecule has 0 radical (unpaired) electrons. The van der Waals surface area contributed by atoms with E-state index in [-0.39, 0.29) is 6.61 Å². The van der Waals surface area contributed by atoms with Gasteiger partial charge >= 0.3 is 0 Å². The van der Waals surface area contributed by atoms with E-state index >= 15 is 0 Å². The number of aliphatic hydroxyl groups excluding tert-OH is 1. The Morgan fingerprint density at radius 3 is 2.35 bits per heavy atom. The van der Waals surface area contributed by atoms with Crippen molar-refractivity contribution in [2.24, 2.45) is 0 Å². The molecule has 1 aromatic carbocycles. The monoisotopic (exact) mass is 235 g/mol. The first-order chi connectivity index (χ1) is 8.00. The van der Waals surface area contributed by atoms with Gasteiger partial charge in [-0.3, -0.25) is 0 Å². The topological polar surface area (TPSA) is 62.5 Å². The summed E-state index contributed by atoms with van der Waals surface area (Å²) in [6.07, 6.45) is 0. The number of nitriles is 1. The van der Waals surface area contributed by atoms with E-state index in [1.807, 2.05) is 13.8 Å². The lowest BCUT2D eigenvalue weighted by Crippen LogP contribution is -2.22. The van der Waals surface area contributed by atoms with Gasteiger partial charge in [0.1, 0.15) is 6.07 Å². The molecule has 0 amide bonds. The first kappa shape index (κ1) is 13.3. The van der Waals surface area contributed by atoms with E-state index in [1.54, 1.807) is 12.1 Å². The zero-order chi connectivity index (χ0) is 13.1. The van der Waals surface area contributed by atoms with E-state index in [0.717, 1.165) is 5.56 Å². The van der Waals surface area contributed by atoms with Gasteiger partial charge in [0.15, 0.2) is 11.5 Å². The Hall–Kier alpha value is -1.73. The zero-order valence-corrected chi connectivity index (χ0v) is 10.6. The van der Waals surface area contributed by atoms with Crippen LogP contribution >= 0.6 is 0 Å². The molecule has 0 saturated carbocycles. The second-order valence-corrected chi connectivity index (χ2v) is 4.41. The van der Waals surface area contributed by atoms with Crippen molar-refractivity contribution < 1.29 is 14.6 Å². The van der Waals surface area contributed by atoms with Crippen LogP contribution in [0.1, 0.15) is 25.0 Å². The summed E-state index contributed by atoms with van der Waals surface area (Å²) in [6, 6.07) is 5.58. The van der Waals surface area contributed by atoms with E-state index in [2.05, 4.69) is 6.07 Å². The number of hydrogen-bond acceptors (Lipinski definition) is 4. The minimum Gasteiger partial charge on any atom is -0.493 e. The molecule has 0 aliphatic rings. The van der Waals surface area contributed by atoms with Gasteiger partial charge in [-0.05, 0) is 17.7 Å². The lowest BCUT2D eigenvalue weighted by molar-refractivity contribution is 0.218. The third kappa shape index (κ3) is 2.51. The molecular formula is C13H17NO3. The molecule has 0 aliphatic carbocycles. The van der Waals surface area contributed by atoms with Gasteiger partial charge in [-0.1, -0.05) is 13.8 Å². The van der Waals surface area contributed by atoms with E-state index in [4.69, 9.17) is 14.7 Å². The Morgan fingerprint density at radius 1 is 1.29 bits per heavy atom. The Morgan fingerprint density at radius 2 is 1.94 bits per heavy atom. The summed E-state index contributed by atoms with van der Waals surface area (Å²) in [7, 11) is 3.02. The maximum Gasteiger partial charge on any atom is 0.178 e. The molecule has 0 atom stereocenters. The van der Waals surface area contributed by atoms with Gasteiger partial charge in [0.25, 0.3) is 0 Å². The molecule has 0 saturated heterocycles. The van der Waals surface area contributed by atoms with Gasteiger partial charge in [-0.15, -0.1) is 0 Å². The van der Waals surface area contributed by atoms with Gasteiger partial charge in [0.05, 0.1) is 26.4 Å². The summed E-state index contributed by atoms with van der Waals surface area (Å²) in [5, 5.41) is 18.4. The van der Waals surface area contributed by atoms with Gasteiger partial charge in [-0.25, -0.2) is 0 Å². The summed E-state index contributed by atoms with van der Waals surface area (Å²) in [5.74, 6) is 0.926. The van der Waals surface area contributed by atoms with Gasteiger partial charge in [0.2, 0.25) is 0 Å². The molecule has 4 heteroatoms. The third-order valence-corrected chi connectivity index (χ3v) is 2.78. The summed E-state index contributed by atoms with van der Waals surface area (Å²) < 4.78 is 10.4. The van der Waals surface area contributed by atoms with E-state index in [1.165, 1.54) is 14.2 Å². The molecule has 0 fully saturated rings. The Balaban J connectivity index is 3.44. The normalized spacial score (nSPS) is 10.8. The largest absolute Gasteiger partial charge is 0.493 e. The van der Waals surface area contributed by atoms with Crippen molar-refractivity contribution in [3.63, 3.8) is 0 Å². The molecular weight excluding hydrogens is 218 g/mol. The lowest BCUT2D eigenvalue weighted by Gasteiger charge is -2.24. The molecule has 4 nitrogen and oxygen atoms in total. The van der Waals surface area contributed by atoms with Crippen LogP contribution in [0, 0.1) is 11.3 Å². The predicted molar refractivity (Wildman–Crippen MR) is 64.4 cm³/mol. The van der Waals surface area contributed by atoms with Crippen LogP contribution in [-0.2, 0) is 5.41 Å². The second kappa shape index (κ2) is 5.07. The Labute approximate surface area is 101 Å². The summed E-state index contributed by atoms with van der Waals surface area (Å²) >= 11 is 0. The number of aliphatic hydroxyl groups is 1. The number of ether oxygens (including phenoxy) is 2. The highest BCUT2D eigenvalue weighted by Crippen LogP contribution is 2.36. The first-order valence-electron chi connectivity index (χ1n) is 5.27. The van der Waals surface area contributed by atoms with E-state index < -0.39 is 5.41 Å². The predicted octanol–water partition coefficient (Wildman–Crippen LogP) is 1.85.